The van der Waals surface area contributed by atoms with Gasteiger partial charge in [0, 0.05) is 11.0 Å². The second-order valence-corrected chi connectivity index (χ2v) is 6.65. The minimum atomic E-state index is 0.631. The van der Waals surface area contributed by atoms with Gasteiger partial charge >= 0.3 is 0 Å². The fraction of sp³-hybridized carbons (Fsp3) is 0.588. The third-order valence-electron chi connectivity index (χ3n) is 3.98. The molecule has 1 aromatic heterocycles. The van der Waals surface area contributed by atoms with Crippen molar-refractivity contribution >= 4 is 32.9 Å². The van der Waals surface area contributed by atoms with Crippen molar-refractivity contribution in [3.63, 3.8) is 0 Å². The van der Waals surface area contributed by atoms with Crippen LogP contribution < -0.4 is 5.73 Å². The van der Waals surface area contributed by atoms with Crippen LogP contribution in [-0.2, 0) is 6.54 Å². The van der Waals surface area contributed by atoms with Crippen molar-refractivity contribution in [3.05, 3.63) is 22.7 Å². The second kappa shape index (κ2) is 8.42. The minimum Gasteiger partial charge on any atom is -0.369 e. The lowest BCUT2D eigenvalue weighted by Crippen LogP contribution is -2.03. The molecule has 0 radical (unpaired) electrons. The number of hydrogen-bond donors (Lipinski definition) is 1. The van der Waals surface area contributed by atoms with Gasteiger partial charge in [0.1, 0.15) is 0 Å². The molecule has 116 valence electrons. The van der Waals surface area contributed by atoms with E-state index in [0.29, 0.717) is 5.95 Å². The van der Waals surface area contributed by atoms with Crippen LogP contribution in [0.15, 0.2) is 22.7 Å². The Balaban J connectivity index is 1.77. The molecule has 0 aliphatic carbocycles. The molecule has 0 saturated heterocycles. The van der Waals surface area contributed by atoms with Crippen molar-refractivity contribution < 1.29 is 0 Å². The molecule has 1 heterocycles. The van der Waals surface area contributed by atoms with E-state index in [9.17, 15) is 0 Å². The fourth-order valence-electron chi connectivity index (χ4n) is 2.76. The van der Waals surface area contributed by atoms with E-state index in [2.05, 4.69) is 38.5 Å². The Morgan fingerprint density at radius 2 is 1.71 bits per heavy atom. The van der Waals surface area contributed by atoms with Gasteiger partial charge in [-0.3, -0.25) is 0 Å². The van der Waals surface area contributed by atoms with E-state index in [1.165, 1.54) is 51.4 Å². The maximum Gasteiger partial charge on any atom is 0.201 e. The van der Waals surface area contributed by atoms with Crippen LogP contribution >= 0.6 is 15.9 Å². The van der Waals surface area contributed by atoms with Gasteiger partial charge in [-0.1, -0.05) is 67.8 Å². The number of rotatable bonds is 9. The zero-order valence-electron chi connectivity index (χ0n) is 12.9. The number of nitrogen functional groups attached to an aromatic ring is 1. The summed E-state index contributed by atoms with van der Waals surface area (Å²) in [5, 5.41) is 0. The number of hydrogen-bond acceptors (Lipinski definition) is 2. The molecule has 2 N–H and O–H groups in total. The molecule has 0 aliphatic rings. The Morgan fingerprint density at radius 1 is 1.05 bits per heavy atom. The normalized spacial score (nSPS) is 11.3. The quantitative estimate of drug-likeness (QED) is 0.604. The number of aryl methyl sites for hydroxylation is 1. The van der Waals surface area contributed by atoms with Crippen LogP contribution in [0.1, 0.15) is 58.3 Å². The molecule has 0 bridgehead atoms. The molecule has 0 unspecified atom stereocenters. The molecule has 2 rings (SSSR count). The summed E-state index contributed by atoms with van der Waals surface area (Å²) in [5.41, 5.74) is 8.15. The Labute approximate surface area is 136 Å². The third-order valence-corrected chi connectivity index (χ3v) is 4.47. The predicted octanol–water partition coefficient (Wildman–Crippen LogP) is 5.52. The number of benzene rings is 1. The Morgan fingerprint density at radius 3 is 2.43 bits per heavy atom. The van der Waals surface area contributed by atoms with Crippen molar-refractivity contribution in [1.29, 1.82) is 0 Å². The number of nitrogens with two attached hydrogens (primary N) is 1. The average molecular weight is 352 g/mol. The first kappa shape index (κ1) is 16.3. The molecule has 0 atom stereocenters. The summed E-state index contributed by atoms with van der Waals surface area (Å²) < 4.78 is 3.19. The number of anilines is 1. The van der Waals surface area contributed by atoms with E-state index >= 15 is 0 Å². The third kappa shape index (κ3) is 4.73. The maximum atomic E-state index is 6.04. The molecule has 0 aliphatic heterocycles. The molecular weight excluding hydrogens is 326 g/mol. The van der Waals surface area contributed by atoms with Crippen molar-refractivity contribution in [1.82, 2.24) is 9.55 Å². The molecule has 0 amide bonds. The highest BCUT2D eigenvalue weighted by molar-refractivity contribution is 9.10. The zero-order valence-corrected chi connectivity index (χ0v) is 14.5. The molecule has 2 aromatic rings. The standard InChI is InChI=1S/C17H26BrN3/c1-2-3-4-5-6-7-8-9-12-21-16-11-10-14(18)13-15(16)20-17(21)19/h10-11,13H,2-9,12H2,1H3,(H2,19,20). The van der Waals surface area contributed by atoms with Crippen LogP contribution in [0.4, 0.5) is 5.95 Å². The van der Waals surface area contributed by atoms with Gasteiger partial charge in [0.25, 0.3) is 0 Å². The molecule has 21 heavy (non-hydrogen) atoms. The highest BCUT2D eigenvalue weighted by Gasteiger charge is 2.07. The number of imidazole rings is 1. The Kier molecular flexibility index (Phi) is 6.55. The number of aromatic nitrogens is 2. The van der Waals surface area contributed by atoms with E-state index < -0.39 is 0 Å². The van der Waals surface area contributed by atoms with Crippen molar-refractivity contribution in [2.45, 2.75) is 64.8 Å². The first-order chi connectivity index (χ1) is 10.2. The maximum absolute atomic E-state index is 6.04. The summed E-state index contributed by atoms with van der Waals surface area (Å²) in [6, 6.07) is 6.16. The second-order valence-electron chi connectivity index (χ2n) is 5.73. The molecule has 1 aromatic carbocycles. The fourth-order valence-corrected chi connectivity index (χ4v) is 3.11. The van der Waals surface area contributed by atoms with Crippen LogP contribution in [0.2, 0.25) is 0 Å². The zero-order chi connectivity index (χ0) is 15.1. The Hall–Kier alpha value is -1.03. The van der Waals surface area contributed by atoms with Crippen molar-refractivity contribution in [3.8, 4) is 0 Å². The lowest BCUT2D eigenvalue weighted by molar-refractivity contribution is 0.550. The summed E-state index contributed by atoms with van der Waals surface area (Å²) in [4.78, 5) is 4.43. The summed E-state index contributed by atoms with van der Waals surface area (Å²) in [6.07, 6.45) is 10.6. The smallest absolute Gasteiger partial charge is 0.201 e. The van der Waals surface area contributed by atoms with Gasteiger partial charge in [0.15, 0.2) is 0 Å². The van der Waals surface area contributed by atoms with E-state index in [4.69, 9.17) is 5.73 Å². The van der Waals surface area contributed by atoms with Gasteiger partial charge < -0.3 is 10.3 Å². The van der Waals surface area contributed by atoms with Gasteiger partial charge in [-0.05, 0) is 24.6 Å². The molecular formula is C17H26BrN3. The summed E-state index contributed by atoms with van der Waals surface area (Å²) in [5.74, 6) is 0.631. The van der Waals surface area contributed by atoms with Crippen LogP contribution in [-0.4, -0.2) is 9.55 Å². The van der Waals surface area contributed by atoms with E-state index in [0.717, 1.165) is 22.1 Å². The van der Waals surface area contributed by atoms with Gasteiger partial charge in [-0.15, -0.1) is 0 Å². The minimum absolute atomic E-state index is 0.631. The number of unbranched alkanes of at least 4 members (excludes halogenated alkanes) is 7. The summed E-state index contributed by atoms with van der Waals surface area (Å²) >= 11 is 3.48. The Bertz CT molecular complexity index is 562. The highest BCUT2D eigenvalue weighted by Crippen LogP contribution is 2.22. The summed E-state index contributed by atoms with van der Waals surface area (Å²) in [6.45, 7) is 3.23. The van der Waals surface area contributed by atoms with Crippen LogP contribution in [0.5, 0.6) is 0 Å². The van der Waals surface area contributed by atoms with Crippen LogP contribution in [0, 0.1) is 0 Å². The van der Waals surface area contributed by atoms with Gasteiger partial charge in [-0.2, -0.15) is 0 Å². The lowest BCUT2D eigenvalue weighted by Gasteiger charge is -2.06. The monoisotopic (exact) mass is 351 g/mol. The van der Waals surface area contributed by atoms with E-state index in [-0.39, 0.29) is 0 Å². The number of nitrogens with zero attached hydrogens (tertiary/aromatic N) is 2. The first-order valence-electron chi connectivity index (χ1n) is 8.13. The van der Waals surface area contributed by atoms with Gasteiger partial charge in [0.2, 0.25) is 5.95 Å². The first-order valence-corrected chi connectivity index (χ1v) is 8.93. The average Bonchev–Trinajstić information content (AvgIpc) is 2.76. The van der Waals surface area contributed by atoms with Crippen molar-refractivity contribution in [2.24, 2.45) is 0 Å². The van der Waals surface area contributed by atoms with Crippen molar-refractivity contribution in [2.75, 3.05) is 5.73 Å². The number of fused-ring (bicyclic) bond motifs is 1. The largest absolute Gasteiger partial charge is 0.369 e. The lowest BCUT2D eigenvalue weighted by atomic mass is 10.1. The predicted molar refractivity (Wildman–Crippen MR) is 94.5 cm³/mol. The van der Waals surface area contributed by atoms with Crippen LogP contribution in [0.25, 0.3) is 11.0 Å². The molecule has 0 spiro atoms. The van der Waals surface area contributed by atoms with Gasteiger partial charge in [-0.25, -0.2) is 4.98 Å². The molecule has 0 saturated carbocycles. The SMILES string of the molecule is CCCCCCCCCCn1c(N)nc2cc(Br)ccc21. The molecule has 0 fully saturated rings. The van der Waals surface area contributed by atoms with Gasteiger partial charge in [0.05, 0.1) is 11.0 Å². The van der Waals surface area contributed by atoms with E-state index in [1.54, 1.807) is 0 Å². The summed E-state index contributed by atoms with van der Waals surface area (Å²) in [7, 11) is 0. The van der Waals surface area contributed by atoms with E-state index in [1.807, 2.05) is 12.1 Å². The molecule has 4 heteroatoms. The molecule has 3 nitrogen and oxygen atoms in total. The topological polar surface area (TPSA) is 43.8 Å². The highest BCUT2D eigenvalue weighted by atomic mass is 79.9. The number of halogens is 1. The van der Waals surface area contributed by atoms with Crippen LogP contribution in [0.3, 0.4) is 0 Å².